The number of carbonyl (C=O) groups is 1. The number of anilines is 1. The second-order valence-corrected chi connectivity index (χ2v) is 6.83. The lowest BCUT2D eigenvalue weighted by molar-refractivity contribution is -0.682. The first-order chi connectivity index (χ1) is 13.7. The highest BCUT2D eigenvalue weighted by molar-refractivity contribution is 5.94. The Morgan fingerprint density at radius 3 is 2.36 bits per heavy atom. The largest absolute Gasteiger partial charge is 0.496 e. The molecule has 0 radical (unpaired) electrons. The number of quaternary nitrogens is 1. The summed E-state index contributed by atoms with van der Waals surface area (Å²) < 4.78 is 5.43. The van der Waals surface area contributed by atoms with Crippen molar-refractivity contribution in [2.75, 3.05) is 19.0 Å². The van der Waals surface area contributed by atoms with Crippen molar-refractivity contribution in [1.29, 1.82) is 0 Å². The van der Waals surface area contributed by atoms with Gasteiger partial charge in [-0.1, -0.05) is 66.2 Å². The van der Waals surface area contributed by atoms with Crippen molar-refractivity contribution in [3.05, 3.63) is 95.6 Å². The van der Waals surface area contributed by atoms with Crippen molar-refractivity contribution >= 4 is 11.6 Å². The van der Waals surface area contributed by atoms with Crippen LogP contribution in [0, 0.1) is 6.92 Å². The number of nitrogens with one attached hydrogen (secondary N) is 1. The molecule has 0 aliphatic rings. The first kappa shape index (κ1) is 19.6. The summed E-state index contributed by atoms with van der Waals surface area (Å²) in [6, 6.07) is 25.5. The van der Waals surface area contributed by atoms with E-state index in [2.05, 4.69) is 16.7 Å². The van der Waals surface area contributed by atoms with Crippen LogP contribution in [0.2, 0.25) is 0 Å². The first-order valence-electron chi connectivity index (χ1n) is 9.55. The maximum absolute atomic E-state index is 13.0. The molecule has 0 saturated carbocycles. The Morgan fingerprint density at radius 2 is 1.64 bits per heavy atom. The number of amides is 1. The van der Waals surface area contributed by atoms with E-state index in [0.29, 0.717) is 0 Å². The lowest BCUT2D eigenvalue weighted by Crippen LogP contribution is -2.87. The van der Waals surface area contributed by atoms with Gasteiger partial charge in [-0.2, -0.15) is 0 Å². The molecule has 1 amide bonds. The minimum atomic E-state index is -0.308. The highest BCUT2D eigenvalue weighted by Gasteiger charge is 2.24. The molecule has 0 aliphatic carbocycles. The molecule has 0 aromatic heterocycles. The van der Waals surface area contributed by atoms with E-state index in [4.69, 9.17) is 4.74 Å². The van der Waals surface area contributed by atoms with Crippen LogP contribution in [0.1, 0.15) is 22.7 Å². The zero-order valence-corrected chi connectivity index (χ0v) is 16.4. The molecule has 0 fully saturated rings. The van der Waals surface area contributed by atoms with Crippen molar-refractivity contribution in [2.24, 2.45) is 0 Å². The zero-order valence-electron chi connectivity index (χ0n) is 16.4. The average Bonchev–Trinajstić information content (AvgIpc) is 2.73. The monoisotopic (exact) mass is 375 g/mol. The Bertz CT molecular complexity index is 892. The summed E-state index contributed by atoms with van der Waals surface area (Å²) in [6.07, 6.45) is 0.825. The number of aryl methyl sites for hydroxylation is 1. The molecule has 144 valence electrons. The molecule has 3 rings (SSSR count). The van der Waals surface area contributed by atoms with Gasteiger partial charge in [0.1, 0.15) is 5.75 Å². The maximum atomic E-state index is 13.0. The van der Waals surface area contributed by atoms with Crippen molar-refractivity contribution in [3.63, 3.8) is 0 Å². The molecule has 0 unspecified atom stereocenters. The molecular formula is C24H27N2O2+. The standard InChI is InChI=1S/C24H26N2O2/c1-18-12-14-21(15-13-18)26-24(27)23(20-9-4-3-5-10-20)25-17-16-19-8-6-7-11-22(19)28-2/h3-15,23,25H,16-17H2,1-2H3,(H,26,27)/p+1/t23-/m1/s1. The summed E-state index contributed by atoms with van der Waals surface area (Å²) >= 11 is 0. The lowest BCUT2D eigenvalue weighted by atomic mass is 10.0. The highest BCUT2D eigenvalue weighted by atomic mass is 16.5. The Balaban J connectivity index is 1.70. The summed E-state index contributed by atoms with van der Waals surface area (Å²) in [6.45, 7) is 2.81. The molecule has 0 heterocycles. The Labute approximate surface area is 166 Å². The predicted molar refractivity (Wildman–Crippen MR) is 112 cm³/mol. The summed E-state index contributed by atoms with van der Waals surface area (Å²) in [4.78, 5) is 13.0. The topological polar surface area (TPSA) is 54.9 Å². The van der Waals surface area contributed by atoms with E-state index in [0.717, 1.165) is 35.5 Å². The second-order valence-electron chi connectivity index (χ2n) is 6.83. The Hall–Kier alpha value is -3.11. The van der Waals surface area contributed by atoms with Gasteiger partial charge in [0.25, 0.3) is 5.91 Å². The minimum absolute atomic E-state index is 0.0184. The van der Waals surface area contributed by atoms with Gasteiger partial charge in [-0.05, 0) is 30.7 Å². The third-order valence-electron chi connectivity index (χ3n) is 4.77. The highest BCUT2D eigenvalue weighted by Crippen LogP contribution is 2.17. The van der Waals surface area contributed by atoms with Crippen LogP contribution in [0.5, 0.6) is 5.75 Å². The van der Waals surface area contributed by atoms with Gasteiger partial charge in [-0.15, -0.1) is 0 Å². The number of rotatable bonds is 8. The van der Waals surface area contributed by atoms with Crippen molar-refractivity contribution in [2.45, 2.75) is 19.4 Å². The molecule has 3 N–H and O–H groups in total. The van der Waals surface area contributed by atoms with Gasteiger partial charge in [-0.3, -0.25) is 4.79 Å². The number of para-hydroxylation sites is 1. The number of nitrogens with two attached hydrogens (primary N) is 1. The molecule has 3 aromatic rings. The van der Waals surface area contributed by atoms with Crippen LogP contribution < -0.4 is 15.4 Å². The molecule has 0 bridgehead atoms. The third-order valence-corrected chi connectivity index (χ3v) is 4.77. The quantitative estimate of drug-likeness (QED) is 0.633. The first-order valence-corrected chi connectivity index (χ1v) is 9.55. The summed E-state index contributed by atoms with van der Waals surface area (Å²) in [5.74, 6) is 0.867. The molecule has 1 atom stereocenters. The molecule has 0 saturated heterocycles. The number of benzene rings is 3. The van der Waals surface area contributed by atoms with E-state index in [1.165, 1.54) is 5.56 Å². The van der Waals surface area contributed by atoms with Gasteiger partial charge in [0.05, 0.1) is 13.7 Å². The summed E-state index contributed by atoms with van der Waals surface area (Å²) in [5, 5.41) is 5.13. The van der Waals surface area contributed by atoms with Crippen LogP contribution in [-0.4, -0.2) is 19.6 Å². The van der Waals surface area contributed by atoms with Crippen molar-refractivity contribution in [3.8, 4) is 5.75 Å². The molecule has 3 aromatic carbocycles. The fourth-order valence-corrected chi connectivity index (χ4v) is 3.23. The smallest absolute Gasteiger partial charge is 0.287 e. The van der Waals surface area contributed by atoms with Crippen LogP contribution in [0.15, 0.2) is 78.9 Å². The lowest BCUT2D eigenvalue weighted by Gasteiger charge is -2.16. The van der Waals surface area contributed by atoms with E-state index in [9.17, 15) is 4.79 Å². The van der Waals surface area contributed by atoms with Gasteiger partial charge in [0.2, 0.25) is 0 Å². The molecular weight excluding hydrogens is 348 g/mol. The van der Waals surface area contributed by atoms with Gasteiger partial charge < -0.3 is 15.4 Å². The summed E-state index contributed by atoms with van der Waals surface area (Å²) in [7, 11) is 1.68. The zero-order chi connectivity index (χ0) is 19.8. The minimum Gasteiger partial charge on any atom is -0.496 e. The van der Waals surface area contributed by atoms with Crippen molar-refractivity contribution in [1.82, 2.24) is 0 Å². The number of hydrogen-bond acceptors (Lipinski definition) is 2. The van der Waals surface area contributed by atoms with Crippen LogP contribution in [-0.2, 0) is 11.2 Å². The van der Waals surface area contributed by atoms with E-state index >= 15 is 0 Å². The molecule has 4 nitrogen and oxygen atoms in total. The van der Waals surface area contributed by atoms with E-state index < -0.39 is 0 Å². The van der Waals surface area contributed by atoms with Gasteiger partial charge in [0.15, 0.2) is 6.04 Å². The predicted octanol–water partition coefficient (Wildman–Crippen LogP) is 3.49. The number of hydrogen-bond donors (Lipinski definition) is 2. The molecule has 0 aliphatic heterocycles. The van der Waals surface area contributed by atoms with Gasteiger partial charge >= 0.3 is 0 Å². The normalized spacial score (nSPS) is 11.6. The maximum Gasteiger partial charge on any atom is 0.287 e. The number of carbonyl (C=O) groups excluding carboxylic acids is 1. The van der Waals surface area contributed by atoms with Crippen LogP contribution in [0.3, 0.4) is 0 Å². The number of ether oxygens (including phenoxy) is 1. The van der Waals surface area contributed by atoms with Crippen LogP contribution in [0.4, 0.5) is 5.69 Å². The van der Waals surface area contributed by atoms with E-state index in [-0.39, 0.29) is 11.9 Å². The summed E-state index contributed by atoms with van der Waals surface area (Å²) in [5.41, 5.74) is 4.12. The van der Waals surface area contributed by atoms with E-state index in [1.807, 2.05) is 79.7 Å². The fourth-order valence-electron chi connectivity index (χ4n) is 3.23. The van der Waals surface area contributed by atoms with Crippen molar-refractivity contribution < 1.29 is 14.8 Å². The molecule has 28 heavy (non-hydrogen) atoms. The third kappa shape index (κ3) is 5.21. The van der Waals surface area contributed by atoms with E-state index in [1.54, 1.807) is 7.11 Å². The van der Waals surface area contributed by atoms with Crippen LogP contribution >= 0.6 is 0 Å². The SMILES string of the molecule is COc1ccccc1CC[NH2+][C@@H](C(=O)Nc1ccc(C)cc1)c1ccccc1. The fraction of sp³-hybridized carbons (Fsp3) is 0.208. The van der Waals surface area contributed by atoms with Gasteiger partial charge in [-0.25, -0.2) is 0 Å². The molecule has 4 heteroatoms. The Kier molecular flexibility index (Phi) is 6.82. The van der Waals surface area contributed by atoms with Crippen LogP contribution in [0.25, 0.3) is 0 Å². The van der Waals surface area contributed by atoms with Gasteiger partial charge in [0, 0.05) is 17.7 Å². The second kappa shape index (κ2) is 9.72. The number of methoxy groups -OCH3 is 1. The average molecular weight is 375 g/mol. The molecule has 0 spiro atoms. The Morgan fingerprint density at radius 1 is 0.964 bits per heavy atom.